The fourth-order valence-electron chi connectivity index (χ4n) is 2.31. The topological polar surface area (TPSA) is 42.3 Å². The van der Waals surface area contributed by atoms with E-state index in [1.807, 2.05) is 24.3 Å². The highest BCUT2D eigenvalue weighted by Crippen LogP contribution is 2.22. The van der Waals surface area contributed by atoms with Gasteiger partial charge in [0.05, 0.1) is 11.1 Å². The molecule has 1 aromatic carbocycles. The van der Waals surface area contributed by atoms with Crippen molar-refractivity contribution in [3.8, 4) is 0 Å². The summed E-state index contributed by atoms with van der Waals surface area (Å²) in [5.41, 5.74) is 1.38. The number of hydrogen-bond acceptors (Lipinski definition) is 2. The second-order valence-electron chi connectivity index (χ2n) is 5.03. The van der Waals surface area contributed by atoms with E-state index in [2.05, 4.69) is 6.92 Å². The van der Waals surface area contributed by atoms with E-state index in [-0.39, 0.29) is 11.8 Å². The first-order chi connectivity index (χ1) is 9.56. The number of benzene rings is 1. The molecule has 0 aliphatic rings. The number of nitrogens with zero attached hydrogens (tertiary/aromatic N) is 2. The molecule has 1 amide bonds. The zero-order valence-electron chi connectivity index (χ0n) is 12.2. The summed E-state index contributed by atoms with van der Waals surface area (Å²) < 4.78 is 1.54. The number of hydrogen-bond donors (Lipinski definition) is 0. The number of unbranched alkanes of at least 4 members (excludes halogenated alkanes) is 1. The number of carbonyl (C=O) groups excluding carboxylic acids is 2. The maximum Gasteiger partial charge on any atom is 0.255 e. The summed E-state index contributed by atoms with van der Waals surface area (Å²) >= 11 is 0. The van der Waals surface area contributed by atoms with E-state index in [1.165, 1.54) is 11.5 Å². The first kappa shape index (κ1) is 14.3. The predicted octanol–water partition coefficient (Wildman–Crippen LogP) is 3.17. The van der Waals surface area contributed by atoms with Crippen LogP contribution in [0.5, 0.6) is 0 Å². The second-order valence-corrected chi connectivity index (χ2v) is 5.03. The molecule has 20 heavy (non-hydrogen) atoms. The third-order valence-corrected chi connectivity index (χ3v) is 3.48. The minimum Gasteiger partial charge on any atom is -0.342 e. The molecule has 0 radical (unpaired) electrons. The number of fused-ring (bicyclic) bond motifs is 1. The molecule has 0 saturated carbocycles. The molecule has 0 atom stereocenters. The van der Waals surface area contributed by atoms with Crippen LogP contribution in [0.25, 0.3) is 10.9 Å². The normalized spacial score (nSPS) is 10.8. The fourth-order valence-corrected chi connectivity index (χ4v) is 2.31. The number of amides is 1. The lowest BCUT2D eigenvalue weighted by Gasteiger charge is -2.16. The van der Waals surface area contributed by atoms with E-state index in [9.17, 15) is 9.59 Å². The standard InChI is InChI=1S/C16H20N2O2/c1-4-5-10-17(3)16(20)14-11-18(12(2)19)15-9-7-6-8-13(14)15/h6-9,11H,4-5,10H2,1-3H3. The van der Waals surface area contributed by atoms with E-state index < -0.39 is 0 Å². The Morgan fingerprint density at radius 3 is 2.60 bits per heavy atom. The first-order valence-corrected chi connectivity index (χ1v) is 6.92. The van der Waals surface area contributed by atoms with Gasteiger partial charge in [-0.3, -0.25) is 14.2 Å². The average molecular weight is 272 g/mol. The van der Waals surface area contributed by atoms with Gasteiger partial charge in [0, 0.05) is 32.1 Å². The Hall–Kier alpha value is -2.10. The lowest BCUT2D eigenvalue weighted by Crippen LogP contribution is -2.27. The monoisotopic (exact) mass is 272 g/mol. The highest BCUT2D eigenvalue weighted by molar-refractivity contribution is 6.09. The van der Waals surface area contributed by atoms with E-state index in [0.717, 1.165) is 30.3 Å². The Labute approximate surface area is 119 Å². The van der Waals surface area contributed by atoms with E-state index in [4.69, 9.17) is 0 Å². The molecule has 0 N–H and O–H groups in total. The summed E-state index contributed by atoms with van der Waals surface area (Å²) in [6, 6.07) is 7.50. The molecule has 1 heterocycles. The van der Waals surface area contributed by atoms with Gasteiger partial charge in [-0.1, -0.05) is 31.5 Å². The van der Waals surface area contributed by atoms with Gasteiger partial charge in [-0.2, -0.15) is 0 Å². The summed E-state index contributed by atoms with van der Waals surface area (Å²) in [7, 11) is 1.80. The largest absolute Gasteiger partial charge is 0.342 e. The minimum absolute atomic E-state index is 0.0327. The van der Waals surface area contributed by atoms with Crippen LogP contribution in [0.2, 0.25) is 0 Å². The Morgan fingerprint density at radius 2 is 1.95 bits per heavy atom. The van der Waals surface area contributed by atoms with Crippen LogP contribution in [0.15, 0.2) is 30.5 Å². The molecular weight excluding hydrogens is 252 g/mol. The lowest BCUT2D eigenvalue weighted by atomic mass is 10.1. The van der Waals surface area contributed by atoms with Crippen LogP contribution in [0.4, 0.5) is 0 Å². The molecule has 0 aliphatic carbocycles. The molecular formula is C16H20N2O2. The average Bonchev–Trinajstić information content (AvgIpc) is 2.83. The SMILES string of the molecule is CCCCN(C)C(=O)c1cn(C(C)=O)c2ccccc12. The molecule has 4 heteroatoms. The number of carbonyl (C=O) groups is 2. The van der Waals surface area contributed by atoms with Crippen LogP contribution in [0.3, 0.4) is 0 Å². The van der Waals surface area contributed by atoms with Crippen molar-refractivity contribution in [3.63, 3.8) is 0 Å². The molecule has 2 aromatic rings. The van der Waals surface area contributed by atoms with Gasteiger partial charge in [0.25, 0.3) is 5.91 Å². The third kappa shape index (κ3) is 2.59. The van der Waals surface area contributed by atoms with Gasteiger partial charge in [-0.25, -0.2) is 0 Å². The van der Waals surface area contributed by atoms with E-state index in [1.54, 1.807) is 18.1 Å². The van der Waals surface area contributed by atoms with Gasteiger partial charge in [0.15, 0.2) is 0 Å². The molecule has 0 unspecified atom stereocenters. The summed E-state index contributed by atoms with van der Waals surface area (Å²) in [6.45, 7) is 4.33. The maximum atomic E-state index is 12.5. The van der Waals surface area contributed by atoms with Crippen molar-refractivity contribution in [2.75, 3.05) is 13.6 Å². The molecule has 0 fully saturated rings. The minimum atomic E-state index is -0.0866. The van der Waals surface area contributed by atoms with Crippen molar-refractivity contribution >= 4 is 22.7 Å². The van der Waals surface area contributed by atoms with Gasteiger partial charge in [0.2, 0.25) is 5.91 Å². The van der Waals surface area contributed by atoms with Crippen LogP contribution < -0.4 is 0 Å². The molecule has 1 aromatic heterocycles. The van der Waals surface area contributed by atoms with Crippen molar-refractivity contribution < 1.29 is 9.59 Å². The smallest absolute Gasteiger partial charge is 0.255 e. The summed E-state index contributed by atoms with van der Waals surface area (Å²) in [6.07, 6.45) is 3.68. The van der Waals surface area contributed by atoms with Crippen LogP contribution in [0.1, 0.15) is 41.8 Å². The third-order valence-electron chi connectivity index (χ3n) is 3.48. The Bertz CT molecular complexity index is 643. The van der Waals surface area contributed by atoms with Crippen molar-refractivity contribution in [1.82, 2.24) is 9.47 Å². The van der Waals surface area contributed by atoms with Gasteiger partial charge < -0.3 is 4.90 Å². The number of rotatable bonds is 4. The molecule has 0 bridgehead atoms. The van der Waals surface area contributed by atoms with Crippen LogP contribution >= 0.6 is 0 Å². The van der Waals surface area contributed by atoms with Crippen molar-refractivity contribution in [2.45, 2.75) is 26.7 Å². The Kier molecular flexibility index (Phi) is 4.23. The van der Waals surface area contributed by atoms with Crippen LogP contribution in [-0.2, 0) is 0 Å². The Morgan fingerprint density at radius 1 is 1.25 bits per heavy atom. The second kappa shape index (κ2) is 5.90. The van der Waals surface area contributed by atoms with E-state index in [0.29, 0.717) is 5.56 Å². The molecule has 4 nitrogen and oxygen atoms in total. The number of aromatic nitrogens is 1. The van der Waals surface area contributed by atoms with Gasteiger partial charge >= 0.3 is 0 Å². The zero-order valence-corrected chi connectivity index (χ0v) is 12.2. The van der Waals surface area contributed by atoms with Gasteiger partial charge in [0.1, 0.15) is 0 Å². The van der Waals surface area contributed by atoms with Gasteiger partial charge in [-0.15, -0.1) is 0 Å². The number of para-hydroxylation sites is 1. The maximum absolute atomic E-state index is 12.5. The first-order valence-electron chi connectivity index (χ1n) is 6.92. The molecule has 2 rings (SSSR count). The highest BCUT2D eigenvalue weighted by atomic mass is 16.2. The van der Waals surface area contributed by atoms with Gasteiger partial charge in [-0.05, 0) is 12.5 Å². The van der Waals surface area contributed by atoms with E-state index >= 15 is 0 Å². The molecule has 106 valence electrons. The Balaban J connectivity index is 2.44. The quantitative estimate of drug-likeness (QED) is 0.858. The summed E-state index contributed by atoms with van der Waals surface area (Å²) in [5, 5.41) is 0.830. The highest BCUT2D eigenvalue weighted by Gasteiger charge is 2.19. The van der Waals surface area contributed by atoms with Crippen LogP contribution in [-0.4, -0.2) is 34.9 Å². The summed E-state index contributed by atoms with van der Waals surface area (Å²) in [4.78, 5) is 25.9. The van der Waals surface area contributed by atoms with Crippen molar-refractivity contribution in [3.05, 3.63) is 36.0 Å². The lowest BCUT2D eigenvalue weighted by molar-refractivity contribution is 0.0795. The summed E-state index contributed by atoms with van der Waals surface area (Å²) in [5.74, 6) is -0.119. The predicted molar refractivity (Wildman–Crippen MR) is 80.1 cm³/mol. The zero-order chi connectivity index (χ0) is 14.7. The molecule has 0 saturated heterocycles. The molecule has 0 aliphatic heterocycles. The van der Waals surface area contributed by atoms with Crippen LogP contribution in [0, 0.1) is 0 Å². The van der Waals surface area contributed by atoms with Crippen molar-refractivity contribution in [2.24, 2.45) is 0 Å². The fraction of sp³-hybridized carbons (Fsp3) is 0.375. The molecule has 0 spiro atoms. The van der Waals surface area contributed by atoms with Crippen molar-refractivity contribution in [1.29, 1.82) is 0 Å².